The molecule has 0 unspecified atom stereocenters. The summed E-state index contributed by atoms with van der Waals surface area (Å²) in [5, 5.41) is 7.60. The fourth-order valence-electron chi connectivity index (χ4n) is 3.38. The van der Waals surface area contributed by atoms with E-state index in [1.165, 1.54) is 45.1 Å². The Kier molecular flexibility index (Phi) is 5.65. The Balaban J connectivity index is 1.80. The number of nitrogens with one attached hydrogen (secondary N) is 1. The van der Waals surface area contributed by atoms with E-state index in [9.17, 15) is 4.79 Å². The smallest absolute Gasteiger partial charge is 0.293 e. The van der Waals surface area contributed by atoms with Crippen LogP contribution >= 0.6 is 11.8 Å². The highest BCUT2D eigenvalue weighted by Crippen LogP contribution is 2.28. The van der Waals surface area contributed by atoms with Crippen molar-refractivity contribution in [1.29, 1.82) is 0 Å². The summed E-state index contributed by atoms with van der Waals surface area (Å²) < 4.78 is 7.45. The largest absolute Gasteiger partial charge is 0.456 e. The molecule has 0 saturated heterocycles. The maximum absolute atomic E-state index is 12.5. The number of aromatic nitrogens is 3. The second-order valence-electron chi connectivity index (χ2n) is 7.05. The molecule has 0 fully saturated rings. The number of hydrogen-bond acceptors (Lipinski definition) is 5. The monoisotopic (exact) mass is 398 g/mol. The van der Waals surface area contributed by atoms with Crippen molar-refractivity contribution in [3.05, 3.63) is 57.0 Å². The highest BCUT2D eigenvalue weighted by Gasteiger charge is 2.17. The topological polar surface area (TPSA) is 73.0 Å². The van der Waals surface area contributed by atoms with Gasteiger partial charge in [-0.15, -0.1) is 5.10 Å². The van der Waals surface area contributed by atoms with Crippen LogP contribution in [-0.2, 0) is 13.5 Å². The van der Waals surface area contributed by atoms with E-state index in [2.05, 4.69) is 50.0 Å². The molecule has 1 amide bonds. The number of aryl methyl sites for hydroxylation is 1. The quantitative estimate of drug-likeness (QED) is 0.640. The Morgan fingerprint density at radius 1 is 1.07 bits per heavy atom. The predicted octanol–water partition coefficient (Wildman–Crippen LogP) is 4.52. The van der Waals surface area contributed by atoms with Gasteiger partial charge in [0.05, 0.1) is 0 Å². The van der Waals surface area contributed by atoms with E-state index in [0.717, 1.165) is 10.9 Å². The second-order valence-corrected chi connectivity index (χ2v) is 7.82. The molecule has 0 aliphatic rings. The summed E-state index contributed by atoms with van der Waals surface area (Å²) in [7, 11) is 1.79. The van der Waals surface area contributed by atoms with Gasteiger partial charge in [0.1, 0.15) is 5.76 Å². The number of anilines is 1. The van der Waals surface area contributed by atoms with E-state index >= 15 is 0 Å². The Labute approximate surface area is 169 Å². The molecule has 7 heteroatoms. The van der Waals surface area contributed by atoms with Crippen LogP contribution in [0.2, 0.25) is 0 Å². The maximum Gasteiger partial charge on any atom is 0.293 e. The Morgan fingerprint density at radius 3 is 2.25 bits per heavy atom. The van der Waals surface area contributed by atoms with Crippen LogP contribution in [0.1, 0.15) is 49.7 Å². The first-order chi connectivity index (χ1) is 13.2. The lowest BCUT2D eigenvalue weighted by atomic mass is 9.88. The van der Waals surface area contributed by atoms with E-state index in [0.29, 0.717) is 6.42 Å². The lowest BCUT2D eigenvalue weighted by Crippen LogP contribution is -2.12. The summed E-state index contributed by atoms with van der Waals surface area (Å²) in [6.45, 7) is 10.8. The molecular formula is C21H26N4O2S. The Hall–Kier alpha value is -2.54. The van der Waals surface area contributed by atoms with Gasteiger partial charge in [-0.3, -0.25) is 10.1 Å². The number of carbonyl (C=O) groups is 1. The summed E-state index contributed by atoms with van der Waals surface area (Å²) in [5.74, 6) is 0.933. The van der Waals surface area contributed by atoms with Gasteiger partial charge in [0.15, 0.2) is 10.9 Å². The van der Waals surface area contributed by atoms with Gasteiger partial charge in [0, 0.05) is 13.5 Å². The van der Waals surface area contributed by atoms with Crippen molar-refractivity contribution in [1.82, 2.24) is 14.8 Å². The first kappa shape index (κ1) is 20.2. The average molecular weight is 399 g/mol. The summed E-state index contributed by atoms with van der Waals surface area (Å²) in [5.41, 5.74) is 7.79. The van der Waals surface area contributed by atoms with Crippen molar-refractivity contribution >= 4 is 23.6 Å². The third kappa shape index (κ3) is 3.71. The van der Waals surface area contributed by atoms with E-state index in [4.69, 9.17) is 4.42 Å². The number of amides is 1. The number of thioether (sulfide) groups is 1. The zero-order valence-electron chi connectivity index (χ0n) is 17.4. The van der Waals surface area contributed by atoms with Gasteiger partial charge in [-0.2, -0.15) is 4.98 Å². The van der Waals surface area contributed by atoms with Crippen LogP contribution in [0.3, 0.4) is 0 Å². The third-order valence-corrected chi connectivity index (χ3v) is 6.24. The highest BCUT2D eigenvalue weighted by molar-refractivity contribution is 7.98. The van der Waals surface area contributed by atoms with Gasteiger partial charge in [0.25, 0.3) is 5.91 Å². The van der Waals surface area contributed by atoms with Crippen LogP contribution in [0.5, 0.6) is 0 Å². The van der Waals surface area contributed by atoms with E-state index in [1.807, 2.05) is 12.3 Å². The minimum absolute atomic E-state index is 0.254. The number of furan rings is 1. The number of rotatable bonds is 5. The summed E-state index contributed by atoms with van der Waals surface area (Å²) >= 11 is 1.46. The highest BCUT2D eigenvalue weighted by atomic mass is 32.2. The van der Waals surface area contributed by atoms with Crippen molar-refractivity contribution in [3.8, 4) is 0 Å². The van der Waals surface area contributed by atoms with Crippen LogP contribution in [0.25, 0.3) is 0 Å². The molecule has 0 atom stereocenters. The molecule has 0 spiro atoms. The number of hydrogen-bond donors (Lipinski definition) is 1. The standard InChI is InChI=1S/C21H26N4O2S/c1-11-12(2)14(4)17(15(5)13(11)3)10-16-8-9-18(27-16)19(26)22-20-23-21(28-7)25(6)24-20/h8-9H,10H2,1-7H3,(H,22,24,26). The number of nitrogens with zero attached hydrogens (tertiary/aromatic N) is 3. The normalized spacial score (nSPS) is 11.1. The predicted molar refractivity (Wildman–Crippen MR) is 112 cm³/mol. The lowest BCUT2D eigenvalue weighted by Gasteiger charge is -2.18. The molecule has 1 aromatic carbocycles. The first-order valence-electron chi connectivity index (χ1n) is 9.13. The van der Waals surface area contributed by atoms with Crippen LogP contribution in [0.15, 0.2) is 21.7 Å². The molecule has 3 aromatic rings. The number of carbonyl (C=O) groups excluding carboxylic acids is 1. The summed E-state index contributed by atoms with van der Waals surface area (Å²) in [6.07, 6.45) is 2.57. The van der Waals surface area contributed by atoms with Gasteiger partial charge in [-0.25, -0.2) is 4.68 Å². The van der Waals surface area contributed by atoms with Crippen molar-refractivity contribution in [2.45, 2.75) is 46.2 Å². The molecule has 3 rings (SSSR count). The van der Waals surface area contributed by atoms with E-state index in [-0.39, 0.29) is 17.6 Å². The molecule has 0 bridgehead atoms. The van der Waals surface area contributed by atoms with Crippen LogP contribution in [-0.4, -0.2) is 26.9 Å². The number of benzene rings is 1. The van der Waals surface area contributed by atoms with Gasteiger partial charge < -0.3 is 4.42 Å². The van der Waals surface area contributed by atoms with E-state index in [1.54, 1.807) is 17.8 Å². The molecule has 0 saturated carbocycles. The summed E-state index contributed by atoms with van der Waals surface area (Å²) in [6, 6.07) is 3.55. The molecular weight excluding hydrogens is 372 g/mol. The molecule has 148 valence electrons. The molecule has 0 radical (unpaired) electrons. The van der Waals surface area contributed by atoms with Gasteiger partial charge in [-0.05, 0) is 86.4 Å². The minimum Gasteiger partial charge on any atom is -0.456 e. The van der Waals surface area contributed by atoms with Crippen molar-refractivity contribution < 1.29 is 9.21 Å². The van der Waals surface area contributed by atoms with Gasteiger partial charge in [-0.1, -0.05) is 11.8 Å². The second kappa shape index (κ2) is 7.83. The van der Waals surface area contributed by atoms with Crippen molar-refractivity contribution in [3.63, 3.8) is 0 Å². The maximum atomic E-state index is 12.5. The SMILES string of the molecule is CSc1nc(NC(=O)c2ccc(Cc3c(C)c(C)c(C)c(C)c3C)o2)nn1C. The molecule has 1 N–H and O–H groups in total. The zero-order chi connectivity index (χ0) is 20.6. The molecule has 28 heavy (non-hydrogen) atoms. The van der Waals surface area contributed by atoms with Gasteiger partial charge in [0.2, 0.25) is 5.95 Å². The van der Waals surface area contributed by atoms with Crippen molar-refractivity contribution in [2.75, 3.05) is 11.6 Å². The molecule has 0 aliphatic heterocycles. The molecule has 6 nitrogen and oxygen atoms in total. The fraction of sp³-hybridized carbons (Fsp3) is 0.381. The molecule has 2 heterocycles. The van der Waals surface area contributed by atoms with Crippen LogP contribution in [0.4, 0.5) is 5.95 Å². The molecule has 2 aromatic heterocycles. The van der Waals surface area contributed by atoms with E-state index < -0.39 is 0 Å². The molecule has 0 aliphatic carbocycles. The average Bonchev–Trinajstić information content (AvgIpc) is 3.28. The fourth-order valence-corrected chi connectivity index (χ4v) is 3.86. The Bertz CT molecular complexity index is 1020. The lowest BCUT2D eigenvalue weighted by molar-refractivity contribution is 0.0994. The van der Waals surface area contributed by atoms with Crippen LogP contribution < -0.4 is 5.32 Å². The first-order valence-corrected chi connectivity index (χ1v) is 10.4. The van der Waals surface area contributed by atoms with Crippen molar-refractivity contribution in [2.24, 2.45) is 7.05 Å². The minimum atomic E-state index is -0.353. The van der Waals surface area contributed by atoms with Crippen LogP contribution in [0, 0.1) is 34.6 Å². The summed E-state index contributed by atoms with van der Waals surface area (Å²) in [4.78, 5) is 16.7. The third-order valence-electron chi connectivity index (χ3n) is 5.52. The van der Waals surface area contributed by atoms with Gasteiger partial charge >= 0.3 is 0 Å². The zero-order valence-corrected chi connectivity index (χ0v) is 18.2. The Morgan fingerprint density at radius 2 is 1.68 bits per heavy atom.